The van der Waals surface area contributed by atoms with E-state index >= 15 is 0 Å². The lowest BCUT2D eigenvalue weighted by atomic mass is 10.0. The Kier molecular flexibility index (Phi) is 5.20. The summed E-state index contributed by atoms with van der Waals surface area (Å²) in [6.45, 7) is 0.589. The fourth-order valence-electron chi connectivity index (χ4n) is 3.33. The van der Waals surface area contributed by atoms with Gasteiger partial charge < -0.3 is 4.90 Å². The molecule has 4 aromatic rings. The Labute approximate surface area is 168 Å². The molecule has 3 aromatic carbocycles. The van der Waals surface area contributed by atoms with E-state index in [1.807, 2.05) is 36.4 Å². The van der Waals surface area contributed by atoms with Gasteiger partial charge in [-0.25, -0.2) is 0 Å². The van der Waals surface area contributed by atoms with Crippen LogP contribution in [0.1, 0.15) is 5.56 Å². The van der Waals surface area contributed by atoms with Crippen molar-refractivity contribution < 1.29 is 4.79 Å². The number of hydrogen-bond donors (Lipinski definition) is 0. The van der Waals surface area contributed by atoms with Gasteiger partial charge in [-0.1, -0.05) is 66.7 Å². The second kappa shape index (κ2) is 8.10. The quantitative estimate of drug-likeness (QED) is 0.528. The molecule has 0 bridgehead atoms. The molecule has 0 saturated heterocycles. The zero-order valence-corrected chi connectivity index (χ0v) is 16.2. The van der Waals surface area contributed by atoms with Crippen molar-refractivity contribution in [2.75, 3.05) is 7.05 Å². The number of rotatable bonds is 5. The summed E-state index contributed by atoms with van der Waals surface area (Å²) in [4.78, 5) is 26.3. The third-order valence-electron chi connectivity index (χ3n) is 4.95. The molecular formula is C24H21N3O2. The highest BCUT2D eigenvalue weighted by molar-refractivity contribution is 5.81. The highest BCUT2D eigenvalue weighted by Gasteiger charge is 2.13. The largest absolute Gasteiger partial charge is 0.340 e. The van der Waals surface area contributed by atoms with E-state index in [0.717, 1.165) is 11.1 Å². The summed E-state index contributed by atoms with van der Waals surface area (Å²) in [5, 5.41) is 4.70. The first-order valence-electron chi connectivity index (χ1n) is 9.45. The maximum Gasteiger partial charge on any atom is 0.244 e. The average Bonchev–Trinajstić information content (AvgIpc) is 2.77. The molecule has 4 rings (SSSR count). The number of nitrogens with zero attached hydrogens (tertiary/aromatic N) is 3. The van der Waals surface area contributed by atoms with Crippen molar-refractivity contribution in [1.29, 1.82) is 0 Å². The maximum absolute atomic E-state index is 12.7. The summed E-state index contributed by atoms with van der Waals surface area (Å²) in [6, 6.07) is 25.6. The van der Waals surface area contributed by atoms with Gasteiger partial charge in [0.15, 0.2) is 0 Å². The minimum atomic E-state index is -0.142. The van der Waals surface area contributed by atoms with E-state index in [-0.39, 0.29) is 17.9 Å². The number of benzene rings is 3. The molecule has 0 saturated carbocycles. The topological polar surface area (TPSA) is 55.2 Å². The molecule has 0 unspecified atom stereocenters. The van der Waals surface area contributed by atoms with E-state index in [1.54, 1.807) is 34.8 Å². The third kappa shape index (κ3) is 4.09. The van der Waals surface area contributed by atoms with E-state index in [2.05, 4.69) is 29.4 Å². The molecule has 0 fully saturated rings. The number of fused-ring (bicyclic) bond motifs is 1. The summed E-state index contributed by atoms with van der Waals surface area (Å²) >= 11 is 0. The molecule has 1 aromatic heterocycles. The number of likely N-dealkylation sites (N-methyl/N-ethyl adjacent to an activating group) is 1. The van der Waals surface area contributed by atoms with Crippen LogP contribution in [-0.4, -0.2) is 27.6 Å². The van der Waals surface area contributed by atoms with Crippen molar-refractivity contribution in [3.63, 3.8) is 0 Å². The molecule has 1 amide bonds. The van der Waals surface area contributed by atoms with Gasteiger partial charge in [0, 0.05) is 19.0 Å². The van der Waals surface area contributed by atoms with Gasteiger partial charge in [-0.15, -0.1) is 0 Å². The van der Waals surface area contributed by atoms with Gasteiger partial charge in [-0.3, -0.25) is 14.3 Å². The minimum Gasteiger partial charge on any atom is -0.340 e. The first-order valence-corrected chi connectivity index (χ1v) is 9.45. The van der Waals surface area contributed by atoms with Crippen LogP contribution in [0.5, 0.6) is 0 Å². The molecule has 0 atom stereocenters. The Morgan fingerprint density at radius 3 is 2.31 bits per heavy atom. The normalized spacial score (nSPS) is 10.8. The van der Waals surface area contributed by atoms with Gasteiger partial charge in [0.05, 0.1) is 11.7 Å². The van der Waals surface area contributed by atoms with Crippen molar-refractivity contribution in [3.05, 3.63) is 101 Å². The first kappa shape index (κ1) is 18.6. The summed E-state index contributed by atoms with van der Waals surface area (Å²) in [6.07, 6.45) is 1.26. The van der Waals surface area contributed by atoms with Crippen LogP contribution in [0.25, 0.3) is 22.0 Å². The Balaban J connectivity index is 1.47. The van der Waals surface area contributed by atoms with Crippen molar-refractivity contribution in [2.24, 2.45) is 0 Å². The number of hydrogen-bond acceptors (Lipinski definition) is 3. The average molecular weight is 383 g/mol. The number of amides is 1. The molecule has 0 spiro atoms. The zero-order chi connectivity index (χ0) is 20.2. The van der Waals surface area contributed by atoms with E-state index in [1.165, 1.54) is 11.8 Å². The predicted molar refractivity (Wildman–Crippen MR) is 114 cm³/mol. The van der Waals surface area contributed by atoms with Crippen molar-refractivity contribution in [3.8, 4) is 11.1 Å². The van der Waals surface area contributed by atoms with Gasteiger partial charge in [0.2, 0.25) is 11.3 Å². The molecule has 0 aliphatic heterocycles. The van der Waals surface area contributed by atoms with E-state index in [0.29, 0.717) is 17.4 Å². The summed E-state index contributed by atoms with van der Waals surface area (Å²) < 4.78 is 1.58. The monoisotopic (exact) mass is 383 g/mol. The molecule has 5 nitrogen and oxygen atoms in total. The number of aromatic nitrogens is 2. The fraction of sp³-hybridized carbons (Fsp3) is 0.125. The Morgan fingerprint density at radius 2 is 1.55 bits per heavy atom. The first-order chi connectivity index (χ1) is 14.1. The molecule has 1 heterocycles. The van der Waals surface area contributed by atoms with Gasteiger partial charge in [-0.2, -0.15) is 5.10 Å². The van der Waals surface area contributed by atoms with E-state index in [4.69, 9.17) is 0 Å². The standard InChI is InChI=1S/C24H21N3O2/c1-26(16-18-11-13-20(14-12-18)19-7-3-2-4-8-19)24(29)17-27-22-10-6-5-9-21(22)23(28)15-25-27/h2-15H,16-17H2,1H3. The van der Waals surface area contributed by atoms with Crippen LogP contribution < -0.4 is 5.43 Å². The molecule has 29 heavy (non-hydrogen) atoms. The van der Waals surface area contributed by atoms with Crippen LogP contribution in [0.15, 0.2) is 89.9 Å². The molecule has 0 aliphatic carbocycles. The zero-order valence-electron chi connectivity index (χ0n) is 16.2. The van der Waals surface area contributed by atoms with Crippen molar-refractivity contribution >= 4 is 16.8 Å². The minimum absolute atomic E-state index is 0.0709. The molecule has 0 radical (unpaired) electrons. The van der Waals surface area contributed by atoms with Crippen LogP contribution in [0.4, 0.5) is 0 Å². The van der Waals surface area contributed by atoms with Gasteiger partial charge >= 0.3 is 0 Å². The molecule has 144 valence electrons. The maximum atomic E-state index is 12.7. The third-order valence-corrected chi connectivity index (χ3v) is 4.95. The Bertz CT molecular complexity index is 1200. The Morgan fingerprint density at radius 1 is 0.897 bits per heavy atom. The second-order valence-electron chi connectivity index (χ2n) is 7.00. The van der Waals surface area contributed by atoms with Crippen LogP contribution >= 0.6 is 0 Å². The summed E-state index contributed by atoms with van der Waals surface area (Å²) in [7, 11) is 1.78. The predicted octanol–water partition coefficient (Wildman–Crippen LogP) is 3.72. The van der Waals surface area contributed by atoms with Crippen LogP contribution in [0, 0.1) is 0 Å². The van der Waals surface area contributed by atoms with E-state index < -0.39 is 0 Å². The SMILES string of the molecule is CN(Cc1ccc(-c2ccccc2)cc1)C(=O)Cn1ncc(=O)c2ccccc21. The number of carbonyl (C=O) groups excluding carboxylic acids is 1. The van der Waals surface area contributed by atoms with Gasteiger partial charge in [0.1, 0.15) is 6.54 Å². The van der Waals surface area contributed by atoms with Crippen molar-refractivity contribution in [2.45, 2.75) is 13.1 Å². The van der Waals surface area contributed by atoms with Crippen LogP contribution in [0.2, 0.25) is 0 Å². The highest BCUT2D eigenvalue weighted by atomic mass is 16.2. The number of para-hydroxylation sites is 1. The summed E-state index contributed by atoms with van der Waals surface area (Å²) in [5.74, 6) is -0.0709. The van der Waals surface area contributed by atoms with Gasteiger partial charge in [-0.05, 0) is 28.8 Å². The molecular weight excluding hydrogens is 362 g/mol. The smallest absolute Gasteiger partial charge is 0.244 e. The van der Waals surface area contributed by atoms with Gasteiger partial charge in [0.25, 0.3) is 0 Å². The molecule has 5 heteroatoms. The van der Waals surface area contributed by atoms with Crippen LogP contribution in [0.3, 0.4) is 0 Å². The lowest BCUT2D eigenvalue weighted by molar-refractivity contribution is -0.131. The lowest BCUT2D eigenvalue weighted by Gasteiger charge is -2.18. The molecule has 0 N–H and O–H groups in total. The Hall–Kier alpha value is -3.73. The van der Waals surface area contributed by atoms with Crippen LogP contribution in [-0.2, 0) is 17.9 Å². The second-order valence-corrected chi connectivity index (χ2v) is 7.00. The highest BCUT2D eigenvalue weighted by Crippen LogP contribution is 2.19. The summed E-state index contributed by atoms with van der Waals surface area (Å²) in [5.41, 5.74) is 3.88. The lowest BCUT2D eigenvalue weighted by Crippen LogP contribution is -2.31. The van der Waals surface area contributed by atoms with E-state index in [9.17, 15) is 9.59 Å². The number of carbonyl (C=O) groups is 1. The molecule has 0 aliphatic rings. The van der Waals surface area contributed by atoms with Crippen molar-refractivity contribution in [1.82, 2.24) is 14.7 Å². The fourth-order valence-corrected chi connectivity index (χ4v) is 3.33.